The molecular formula is C11H10N4OS. The number of aromatic nitrogens is 2. The van der Waals surface area contributed by atoms with E-state index in [0.717, 1.165) is 22.7 Å². The molecule has 0 aliphatic carbocycles. The highest BCUT2D eigenvalue weighted by Crippen LogP contribution is 2.29. The Balaban J connectivity index is 1.84. The lowest BCUT2D eigenvalue weighted by atomic mass is 10.1. The Hall–Kier alpha value is -1.69. The number of carbonyl (C=O) groups is 1. The summed E-state index contributed by atoms with van der Waals surface area (Å²) < 4.78 is 0. The lowest BCUT2D eigenvalue weighted by molar-refractivity contribution is -0.118. The molecule has 1 saturated heterocycles. The van der Waals surface area contributed by atoms with E-state index < -0.39 is 0 Å². The van der Waals surface area contributed by atoms with Crippen LogP contribution in [0.25, 0.3) is 0 Å². The number of aliphatic imine (C=N–C) groups is 1. The first-order chi connectivity index (χ1) is 8.24. The summed E-state index contributed by atoms with van der Waals surface area (Å²) in [6.07, 6.45) is 2.33. The average molecular weight is 246 g/mol. The van der Waals surface area contributed by atoms with Gasteiger partial charge in [-0.15, -0.1) is 16.9 Å². The van der Waals surface area contributed by atoms with Crippen LogP contribution < -0.4 is 5.32 Å². The third-order valence-electron chi connectivity index (χ3n) is 2.67. The van der Waals surface area contributed by atoms with E-state index in [2.05, 4.69) is 27.1 Å². The minimum Gasteiger partial charge on any atom is -0.328 e. The molecule has 17 heavy (non-hydrogen) atoms. The van der Waals surface area contributed by atoms with E-state index in [1.165, 1.54) is 0 Å². The predicted molar refractivity (Wildman–Crippen MR) is 66.4 cm³/mol. The normalized spacial score (nSPS) is 23.1. The van der Waals surface area contributed by atoms with Crippen molar-refractivity contribution < 1.29 is 4.79 Å². The van der Waals surface area contributed by atoms with Crippen LogP contribution in [-0.4, -0.2) is 32.8 Å². The maximum absolute atomic E-state index is 11.8. The number of nitrogens with one attached hydrogen (secondary N) is 1. The van der Waals surface area contributed by atoms with Crippen LogP contribution in [0.1, 0.15) is 5.56 Å². The second-order valence-corrected chi connectivity index (χ2v) is 5.04. The van der Waals surface area contributed by atoms with Gasteiger partial charge in [0.2, 0.25) is 5.91 Å². The van der Waals surface area contributed by atoms with Gasteiger partial charge in [0.15, 0.2) is 5.82 Å². The molecule has 5 nitrogen and oxygen atoms in total. The lowest BCUT2D eigenvalue weighted by Gasteiger charge is -2.22. The summed E-state index contributed by atoms with van der Waals surface area (Å²) in [4.78, 5) is 16.2. The van der Waals surface area contributed by atoms with Crippen LogP contribution in [0.3, 0.4) is 0 Å². The fourth-order valence-electron chi connectivity index (χ4n) is 1.89. The van der Waals surface area contributed by atoms with Gasteiger partial charge in [-0.2, -0.15) is 5.10 Å². The molecule has 1 atom stereocenters. The van der Waals surface area contributed by atoms with Gasteiger partial charge in [-0.05, 0) is 6.07 Å². The van der Waals surface area contributed by atoms with E-state index in [9.17, 15) is 4.79 Å². The van der Waals surface area contributed by atoms with Crippen molar-refractivity contribution in [1.82, 2.24) is 15.5 Å². The molecule has 2 aliphatic heterocycles. The molecule has 1 N–H and O–H groups in total. The third kappa shape index (κ3) is 1.84. The standard InChI is InChI=1S/C11H10N4OS/c1-6-5-17-9(11(16)13-6)8-4-7-2-3-12-15-10(7)14-8/h2-3,9H,1,4-5H2,(H,13,16). The lowest BCUT2D eigenvalue weighted by Crippen LogP contribution is -2.42. The van der Waals surface area contributed by atoms with E-state index in [1.54, 1.807) is 18.0 Å². The zero-order valence-corrected chi connectivity index (χ0v) is 9.83. The molecule has 1 aromatic heterocycles. The molecule has 3 heterocycles. The monoisotopic (exact) mass is 246 g/mol. The van der Waals surface area contributed by atoms with Gasteiger partial charge in [0.25, 0.3) is 0 Å². The highest BCUT2D eigenvalue weighted by Gasteiger charge is 2.32. The Morgan fingerprint density at radius 1 is 1.53 bits per heavy atom. The van der Waals surface area contributed by atoms with Crippen molar-refractivity contribution in [3.05, 3.63) is 30.1 Å². The number of hydrogen-bond acceptors (Lipinski definition) is 5. The minimum atomic E-state index is -0.227. The van der Waals surface area contributed by atoms with Crippen LogP contribution in [0.2, 0.25) is 0 Å². The molecule has 1 amide bonds. The van der Waals surface area contributed by atoms with Crippen LogP contribution in [0.15, 0.2) is 29.5 Å². The van der Waals surface area contributed by atoms with E-state index in [4.69, 9.17) is 0 Å². The van der Waals surface area contributed by atoms with Gasteiger partial charge in [0.1, 0.15) is 5.25 Å². The zero-order chi connectivity index (χ0) is 11.8. The summed E-state index contributed by atoms with van der Waals surface area (Å²) in [7, 11) is 0. The Morgan fingerprint density at radius 3 is 3.18 bits per heavy atom. The van der Waals surface area contributed by atoms with E-state index >= 15 is 0 Å². The number of hydrogen-bond donors (Lipinski definition) is 1. The number of rotatable bonds is 1. The van der Waals surface area contributed by atoms with Gasteiger partial charge >= 0.3 is 0 Å². The molecule has 0 spiro atoms. The molecule has 2 aliphatic rings. The Labute approximate surface area is 102 Å². The van der Waals surface area contributed by atoms with Crippen LogP contribution in [0.4, 0.5) is 5.82 Å². The van der Waals surface area contributed by atoms with Crippen molar-refractivity contribution in [2.24, 2.45) is 4.99 Å². The van der Waals surface area contributed by atoms with Crippen molar-refractivity contribution in [2.45, 2.75) is 11.7 Å². The second-order valence-electron chi connectivity index (χ2n) is 3.94. The van der Waals surface area contributed by atoms with Crippen molar-refractivity contribution in [3.8, 4) is 0 Å². The first kappa shape index (κ1) is 10.5. The molecular weight excluding hydrogens is 236 g/mol. The SMILES string of the molecule is C=C1CSC(C2=Nc3nnccc3C2)C(=O)N1. The number of carbonyl (C=O) groups excluding carboxylic acids is 1. The predicted octanol–water partition coefficient (Wildman–Crippen LogP) is 0.850. The highest BCUT2D eigenvalue weighted by molar-refractivity contribution is 8.01. The summed E-state index contributed by atoms with van der Waals surface area (Å²) in [6.45, 7) is 3.75. The third-order valence-corrected chi connectivity index (χ3v) is 4.00. The zero-order valence-electron chi connectivity index (χ0n) is 9.01. The number of fused-ring (bicyclic) bond motifs is 1. The average Bonchev–Trinajstić information content (AvgIpc) is 2.72. The van der Waals surface area contributed by atoms with E-state index in [0.29, 0.717) is 12.2 Å². The first-order valence-electron chi connectivity index (χ1n) is 5.22. The van der Waals surface area contributed by atoms with Crippen molar-refractivity contribution in [3.63, 3.8) is 0 Å². The van der Waals surface area contributed by atoms with Crippen LogP contribution in [0, 0.1) is 0 Å². The maximum Gasteiger partial charge on any atom is 0.243 e. The number of nitrogens with zero attached hydrogens (tertiary/aromatic N) is 3. The maximum atomic E-state index is 11.8. The second kappa shape index (κ2) is 3.96. The molecule has 1 aromatic rings. The van der Waals surface area contributed by atoms with Crippen LogP contribution in [0.5, 0.6) is 0 Å². The van der Waals surface area contributed by atoms with Crippen molar-refractivity contribution in [2.75, 3.05) is 5.75 Å². The molecule has 6 heteroatoms. The molecule has 0 radical (unpaired) electrons. The summed E-state index contributed by atoms with van der Waals surface area (Å²) in [5.74, 6) is 1.34. The van der Waals surface area contributed by atoms with E-state index in [-0.39, 0.29) is 11.2 Å². The van der Waals surface area contributed by atoms with Gasteiger partial charge in [0.05, 0.1) is 6.20 Å². The fourth-order valence-corrected chi connectivity index (χ4v) is 2.87. The topological polar surface area (TPSA) is 67.2 Å². The van der Waals surface area contributed by atoms with E-state index in [1.807, 2.05) is 6.07 Å². The van der Waals surface area contributed by atoms with Gasteiger partial charge in [-0.1, -0.05) is 6.58 Å². The van der Waals surface area contributed by atoms with Crippen molar-refractivity contribution >= 4 is 29.2 Å². The molecule has 0 aromatic carbocycles. The summed E-state index contributed by atoms with van der Waals surface area (Å²) in [5.41, 5.74) is 2.65. The molecule has 0 saturated carbocycles. The number of amides is 1. The Bertz CT molecular complexity index is 540. The molecule has 3 rings (SSSR count). The molecule has 1 unspecified atom stereocenters. The summed E-state index contributed by atoms with van der Waals surface area (Å²) in [5, 5.41) is 10.3. The van der Waals surface area contributed by atoms with Gasteiger partial charge < -0.3 is 5.32 Å². The largest absolute Gasteiger partial charge is 0.328 e. The highest BCUT2D eigenvalue weighted by atomic mass is 32.2. The summed E-state index contributed by atoms with van der Waals surface area (Å²) >= 11 is 1.56. The summed E-state index contributed by atoms with van der Waals surface area (Å²) in [6, 6.07) is 1.89. The number of thioether (sulfide) groups is 1. The quantitative estimate of drug-likeness (QED) is 0.797. The molecule has 0 bridgehead atoms. The fraction of sp³-hybridized carbons (Fsp3) is 0.273. The molecule has 86 valence electrons. The smallest absolute Gasteiger partial charge is 0.243 e. The Kier molecular flexibility index (Phi) is 2.44. The van der Waals surface area contributed by atoms with Crippen molar-refractivity contribution in [1.29, 1.82) is 0 Å². The van der Waals surface area contributed by atoms with Gasteiger partial charge in [0, 0.05) is 29.1 Å². The first-order valence-corrected chi connectivity index (χ1v) is 6.27. The van der Waals surface area contributed by atoms with Crippen LogP contribution >= 0.6 is 11.8 Å². The molecule has 1 fully saturated rings. The van der Waals surface area contributed by atoms with Gasteiger partial charge in [-0.25, -0.2) is 4.99 Å². The minimum absolute atomic E-state index is 0.0363. The van der Waals surface area contributed by atoms with Gasteiger partial charge in [-0.3, -0.25) is 4.79 Å². The Morgan fingerprint density at radius 2 is 2.41 bits per heavy atom. The van der Waals surface area contributed by atoms with Crippen LogP contribution in [-0.2, 0) is 11.2 Å².